The number of hydrogen-bond acceptors (Lipinski definition) is 3. The van der Waals surface area contributed by atoms with Crippen molar-refractivity contribution < 1.29 is 4.74 Å². The fraction of sp³-hybridized carbons (Fsp3) is 0.286. The van der Waals surface area contributed by atoms with Gasteiger partial charge in [-0.3, -0.25) is 0 Å². The van der Waals surface area contributed by atoms with Crippen LogP contribution in [0.3, 0.4) is 0 Å². The maximum absolute atomic E-state index is 6.32. The van der Waals surface area contributed by atoms with Crippen LogP contribution in [-0.4, -0.2) is 6.61 Å². The minimum absolute atomic E-state index is 0.107. The van der Waals surface area contributed by atoms with Gasteiger partial charge in [0.1, 0.15) is 5.75 Å². The van der Waals surface area contributed by atoms with Crippen LogP contribution in [0.15, 0.2) is 35.0 Å². The highest BCUT2D eigenvalue weighted by atomic mass is 32.1. The predicted octanol–water partition coefficient (Wildman–Crippen LogP) is 3.50. The van der Waals surface area contributed by atoms with Crippen molar-refractivity contribution in [2.24, 2.45) is 5.73 Å². The molecule has 1 aromatic heterocycles. The van der Waals surface area contributed by atoms with Gasteiger partial charge in [-0.05, 0) is 41.8 Å². The summed E-state index contributed by atoms with van der Waals surface area (Å²) < 4.78 is 5.62. The van der Waals surface area contributed by atoms with E-state index in [1.54, 1.807) is 11.3 Å². The number of benzene rings is 1. The molecule has 3 heteroatoms. The molecule has 0 aliphatic rings. The lowest BCUT2D eigenvalue weighted by Gasteiger charge is -2.16. The van der Waals surface area contributed by atoms with E-state index in [4.69, 9.17) is 10.5 Å². The molecule has 0 amide bonds. The summed E-state index contributed by atoms with van der Waals surface area (Å²) in [4.78, 5) is 0. The van der Waals surface area contributed by atoms with Crippen molar-refractivity contribution in [2.45, 2.75) is 19.9 Å². The molecule has 0 radical (unpaired) electrons. The molecule has 17 heavy (non-hydrogen) atoms. The summed E-state index contributed by atoms with van der Waals surface area (Å²) >= 11 is 1.69. The normalized spacial score (nSPS) is 12.4. The first-order valence-electron chi connectivity index (χ1n) is 5.74. The Bertz CT molecular complexity index is 492. The Labute approximate surface area is 106 Å². The Morgan fingerprint density at radius 3 is 2.65 bits per heavy atom. The van der Waals surface area contributed by atoms with E-state index < -0.39 is 0 Å². The number of nitrogens with two attached hydrogens (primary N) is 1. The molecule has 1 unspecified atom stereocenters. The van der Waals surface area contributed by atoms with Gasteiger partial charge in [-0.1, -0.05) is 18.2 Å². The van der Waals surface area contributed by atoms with Gasteiger partial charge in [0, 0.05) is 5.56 Å². The number of thiophene rings is 1. The zero-order valence-corrected chi connectivity index (χ0v) is 11.0. The first kappa shape index (κ1) is 12.1. The van der Waals surface area contributed by atoms with E-state index in [9.17, 15) is 0 Å². The molecular weight excluding hydrogens is 230 g/mol. The molecule has 0 aliphatic carbocycles. The first-order chi connectivity index (χ1) is 8.24. The third kappa shape index (κ3) is 2.51. The van der Waals surface area contributed by atoms with Gasteiger partial charge in [0.2, 0.25) is 0 Å². The highest BCUT2D eigenvalue weighted by Crippen LogP contribution is 2.31. The Morgan fingerprint density at radius 2 is 2.00 bits per heavy atom. The van der Waals surface area contributed by atoms with E-state index in [1.807, 2.05) is 31.2 Å². The van der Waals surface area contributed by atoms with Crippen molar-refractivity contribution in [1.29, 1.82) is 0 Å². The van der Waals surface area contributed by atoms with Crippen LogP contribution in [-0.2, 0) is 0 Å². The quantitative estimate of drug-likeness (QED) is 0.897. The molecule has 90 valence electrons. The first-order valence-corrected chi connectivity index (χ1v) is 6.68. The fourth-order valence-electron chi connectivity index (χ4n) is 1.88. The van der Waals surface area contributed by atoms with Gasteiger partial charge in [0.15, 0.2) is 0 Å². The lowest BCUT2D eigenvalue weighted by atomic mass is 9.98. The molecule has 1 atom stereocenters. The Morgan fingerprint density at radius 1 is 1.24 bits per heavy atom. The second-order valence-electron chi connectivity index (χ2n) is 3.96. The molecule has 0 saturated heterocycles. The van der Waals surface area contributed by atoms with Crippen LogP contribution >= 0.6 is 11.3 Å². The van der Waals surface area contributed by atoms with Crippen LogP contribution in [0.5, 0.6) is 5.75 Å². The summed E-state index contributed by atoms with van der Waals surface area (Å²) in [5.74, 6) is 0.883. The molecule has 0 fully saturated rings. The minimum atomic E-state index is -0.107. The number of ether oxygens (including phenoxy) is 1. The lowest BCUT2D eigenvalue weighted by molar-refractivity contribution is 0.335. The summed E-state index contributed by atoms with van der Waals surface area (Å²) in [7, 11) is 0. The van der Waals surface area contributed by atoms with Gasteiger partial charge in [0.05, 0.1) is 12.6 Å². The Kier molecular flexibility index (Phi) is 3.82. The molecule has 0 aliphatic heterocycles. The summed E-state index contributed by atoms with van der Waals surface area (Å²) in [5.41, 5.74) is 9.80. The third-order valence-electron chi connectivity index (χ3n) is 2.78. The van der Waals surface area contributed by atoms with Crippen molar-refractivity contribution in [3.63, 3.8) is 0 Å². The van der Waals surface area contributed by atoms with Gasteiger partial charge in [-0.15, -0.1) is 0 Å². The second kappa shape index (κ2) is 5.34. The molecule has 2 rings (SSSR count). The molecular formula is C14H17NOS. The molecule has 2 aromatic rings. The van der Waals surface area contributed by atoms with Crippen molar-refractivity contribution in [3.05, 3.63) is 51.7 Å². The Balaban J connectivity index is 2.37. The number of hydrogen-bond donors (Lipinski definition) is 1. The van der Waals surface area contributed by atoms with Crippen LogP contribution < -0.4 is 10.5 Å². The zero-order chi connectivity index (χ0) is 12.3. The second-order valence-corrected chi connectivity index (χ2v) is 4.70. The number of aryl methyl sites for hydroxylation is 1. The van der Waals surface area contributed by atoms with Crippen LogP contribution in [0.4, 0.5) is 0 Å². The number of para-hydroxylation sites is 1. The van der Waals surface area contributed by atoms with E-state index in [1.165, 1.54) is 11.1 Å². The van der Waals surface area contributed by atoms with Crippen molar-refractivity contribution in [3.8, 4) is 5.75 Å². The van der Waals surface area contributed by atoms with Gasteiger partial charge in [-0.2, -0.15) is 11.3 Å². The highest BCUT2D eigenvalue weighted by Gasteiger charge is 2.15. The summed E-state index contributed by atoms with van der Waals surface area (Å²) in [5, 5.41) is 4.24. The topological polar surface area (TPSA) is 35.2 Å². The van der Waals surface area contributed by atoms with Crippen LogP contribution in [0.1, 0.15) is 29.7 Å². The van der Waals surface area contributed by atoms with Gasteiger partial charge < -0.3 is 10.5 Å². The van der Waals surface area contributed by atoms with Gasteiger partial charge in [0.25, 0.3) is 0 Å². The lowest BCUT2D eigenvalue weighted by Crippen LogP contribution is -2.13. The average molecular weight is 247 g/mol. The third-order valence-corrected chi connectivity index (χ3v) is 3.66. The standard InChI is InChI=1S/C14H17NOS/c1-3-16-13-7-5-4-6-11(13)14(15)12-9-17-8-10(12)2/h4-9,14H,3,15H2,1-2H3. The summed E-state index contributed by atoms with van der Waals surface area (Å²) in [6.07, 6.45) is 0. The molecule has 2 nitrogen and oxygen atoms in total. The molecule has 0 spiro atoms. The van der Waals surface area contributed by atoms with Gasteiger partial charge in [-0.25, -0.2) is 0 Å². The molecule has 1 aromatic carbocycles. The smallest absolute Gasteiger partial charge is 0.124 e. The molecule has 0 bridgehead atoms. The van der Waals surface area contributed by atoms with Gasteiger partial charge >= 0.3 is 0 Å². The number of rotatable bonds is 4. The Hall–Kier alpha value is -1.32. The van der Waals surface area contributed by atoms with E-state index in [0.717, 1.165) is 11.3 Å². The van der Waals surface area contributed by atoms with Crippen molar-refractivity contribution in [2.75, 3.05) is 6.61 Å². The largest absolute Gasteiger partial charge is 0.494 e. The van der Waals surface area contributed by atoms with Crippen molar-refractivity contribution in [1.82, 2.24) is 0 Å². The van der Waals surface area contributed by atoms with Crippen molar-refractivity contribution >= 4 is 11.3 Å². The summed E-state index contributed by atoms with van der Waals surface area (Å²) in [6, 6.07) is 7.87. The van der Waals surface area contributed by atoms with E-state index in [2.05, 4.69) is 17.7 Å². The van der Waals surface area contributed by atoms with E-state index in [-0.39, 0.29) is 6.04 Å². The van der Waals surface area contributed by atoms with Crippen LogP contribution in [0, 0.1) is 6.92 Å². The monoisotopic (exact) mass is 247 g/mol. The molecule has 0 saturated carbocycles. The highest BCUT2D eigenvalue weighted by molar-refractivity contribution is 7.08. The van der Waals surface area contributed by atoms with Crippen LogP contribution in [0.25, 0.3) is 0 Å². The minimum Gasteiger partial charge on any atom is -0.494 e. The fourth-order valence-corrected chi connectivity index (χ4v) is 2.77. The average Bonchev–Trinajstić information content (AvgIpc) is 2.76. The van der Waals surface area contributed by atoms with E-state index >= 15 is 0 Å². The maximum Gasteiger partial charge on any atom is 0.124 e. The van der Waals surface area contributed by atoms with E-state index in [0.29, 0.717) is 6.61 Å². The summed E-state index contributed by atoms with van der Waals surface area (Å²) in [6.45, 7) is 4.74. The van der Waals surface area contributed by atoms with Crippen LogP contribution in [0.2, 0.25) is 0 Å². The molecule has 2 N–H and O–H groups in total. The molecule has 1 heterocycles. The maximum atomic E-state index is 6.32. The SMILES string of the molecule is CCOc1ccccc1C(N)c1cscc1C. The zero-order valence-electron chi connectivity index (χ0n) is 10.1. The predicted molar refractivity (Wildman–Crippen MR) is 72.7 cm³/mol.